The van der Waals surface area contributed by atoms with Crippen LogP contribution in [0.1, 0.15) is 29.6 Å². The monoisotopic (exact) mass is 327 g/mol. The van der Waals surface area contributed by atoms with E-state index in [9.17, 15) is 14.7 Å². The number of aliphatic carboxylic acids is 1. The standard InChI is InChI=1S/C15H15Cl2NO3/c16-10-4-9(5-11(17)6-10)14(19)18-7-8-2-1-3-12(8)13(18)15(20)21/h4-6,8,12-13H,1-3,7H2,(H,20,21). The number of carboxylic acid groups (broad SMARTS) is 1. The van der Waals surface area contributed by atoms with E-state index in [1.165, 1.54) is 17.0 Å². The maximum Gasteiger partial charge on any atom is 0.326 e. The molecule has 112 valence electrons. The van der Waals surface area contributed by atoms with E-state index in [0.717, 1.165) is 19.3 Å². The maximum absolute atomic E-state index is 12.6. The molecule has 2 fully saturated rings. The molecule has 21 heavy (non-hydrogen) atoms. The molecule has 1 aliphatic heterocycles. The van der Waals surface area contributed by atoms with Crippen molar-refractivity contribution in [1.82, 2.24) is 4.90 Å². The highest BCUT2D eigenvalue weighted by atomic mass is 35.5. The molecule has 1 amide bonds. The Morgan fingerprint density at radius 2 is 1.81 bits per heavy atom. The van der Waals surface area contributed by atoms with Crippen LogP contribution in [0.25, 0.3) is 0 Å². The zero-order chi connectivity index (χ0) is 15.1. The largest absolute Gasteiger partial charge is 0.480 e. The minimum atomic E-state index is -0.925. The van der Waals surface area contributed by atoms with E-state index >= 15 is 0 Å². The highest BCUT2D eigenvalue weighted by Crippen LogP contribution is 2.42. The molecule has 0 spiro atoms. The van der Waals surface area contributed by atoms with E-state index in [1.807, 2.05) is 0 Å². The fourth-order valence-corrected chi connectivity index (χ4v) is 4.20. The first-order valence-electron chi connectivity index (χ1n) is 6.97. The third-order valence-electron chi connectivity index (χ3n) is 4.51. The lowest BCUT2D eigenvalue weighted by atomic mass is 9.94. The van der Waals surface area contributed by atoms with E-state index in [0.29, 0.717) is 28.1 Å². The van der Waals surface area contributed by atoms with Gasteiger partial charge in [-0.3, -0.25) is 4.79 Å². The molecule has 1 N–H and O–H groups in total. The van der Waals surface area contributed by atoms with Gasteiger partial charge in [-0.15, -0.1) is 0 Å². The first kappa shape index (κ1) is 14.7. The molecule has 1 saturated carbocycles. The van der Waals surface area contributed by atoms with Crippen LogP contribution in [0.15, 0.2) is 18.2 Å². The predicted octanol–water partition coefficient (Wildman–Crippen LogP) is 3.32. The van der Waals surface area contributed by atoms with Crippen LogP contribution in [0.4, 0.5) is 0 Å². The maximum atomic E-state index is 12.6. The summed E-state index contributed by atoms with van der Waals surface area (Å²) < 4.78 is 0. The quantitative estimate of drug-likeness (QED) is 0.906. The van der Waals surface area contributed by atoms with E-state index in [2.05, 4.69) is 0 Å². The number of hydrogen-bond donors (Lipinski definition) is 1. The van der Waals surface area contributed by atoms with Gasteiger partial charge in [0.1, 0.15) is 6.04 Å². The molecule has 0 bridgehead atoms. The molecule has 1 heterocycles. The molecular weight excluding hydrogens is 313 g/mol. The Morgan fingerprint density at radius 3 is 2.43 bits per heavy atom. The minimum Gasteiger partial charge on any atom is -0.480 e. The number of hydrogen-bond acceptors (Lipinski definition) is 2. The molecule has 1 aliphatic carbocycles. The second kappa shape index (κ2) is 5.50. The molecule has 3 unspecified atom stereocenters. The van der Waals surface area contributed by atoms with Gasteiger partial charge in [-0.05, 0) is 42.9 Å². The smallest absolute Gasteiger partial charge is 0.326 e. The number of halogens is 2. The normalized spacial score (nSPS) is 27.7. The van der Waals surface area contributed by atoms with Crippen LogP contribution < -0.4 is 0 Å². The third kappa shape index (κ3) is 2.62. The first-order chi connectivity index (χ1) is 9.97. The van der Waals surface area contributed by atoms with Gasteiger partial charge >= 0.3 is 5.97 Å². The lowest BCUT2D eigenvalue weighted by Crippen LogP contribution is -2.43. The van der Waals surface area contributed by atoms with Crippen molar-refractivity contribution >= 4 is 35.1 Å². The van der Waals surface area contributed by atoms with Gasteiger partial charge < -0.3 is 10.0 Å². The first-order valence-corrected chi connectivity index (χ1v) is 7.73. The summed E-state index contributed by atoms with van der Waals surface area (Å²) in [6.45, 7) is 0.505. The highest BCUT2D eigenvalue weighted by molar-refractivity contribution is 6.35. The molecule has 0 aromatic heterocycles. The molecule has 0 radical (unpaired) electrons. The van der Waals surface area contributed by atoms with Crippen LogP contribution in [0, 0.1) is 11.8 Å². The van der Waals surface area contributed by atoms with Gasteiger partial charge in [0.05, 0.1) is 0 Å². The van der Waals surface area contributed by atoms with Gasteiger partial charge in [-0.25, -0.2) is 4.79 Å². The Morgan fingerprint density at radius 1 is 1.14 bits per heavy atom. The van der Waals surface area contributed by atoms with Crippen LogP contribution in [0.5, 0.6) is 0 Å². The number of carbonyl (C=O) groups is 2. The average molecular weight is 328 g/mol. The van der Waals surface area contributed by atoms with E-state index in [-0.39, 0.29) is 11.8 Å². The molecular formula is C15H15Cl2NO3. The summed E-state index contributed by atoms with van der Waals surface area (Å²) in [5.74, 6) is -0.863. The van der Waals surface area contributed by atoms with E-state index in [1.54, 1.807) is 6.07 Å². The lowest BCUT2D eigenvalue weighted by Gasteiger charge is -2.24. The zero-order valence-corrected chi connectivity index (χ0v) is 12.8. The van der Waals surface area contributed by atoms with Crippen molar-refractivity contribution in [3.63, 3.8) is 0 Å². The Balaban J connectivity index is 1.91. The molecule has 2 aliphatic rings. The van der Waals surface area contributed by atoms with E-state index < -0.39 is 12.0 Å². The fraction of sp³-hybridized carbons (Fsp3) is 0.467. The van der Waals surface area contributed by atoms with Crippen LogP contribution in [-0.4, -0.2) is 34.5 Å². The van der Waals surface area contributed by atoms with E-state index in [4.69, 9.17) is 23.2 Å². The summed E-state index contributed by atoms with van der Waals surface area (Å²) in [6.07, 6.45) is 2.92. The molecule has 3 rings (SSSR count). The number of benzene rings is 1. The Labute approximate surface area is 132 Å². The molecule has 6 heteroatoms. The van der Waals surface area contributed by atoms with Crippen molar-refractivity contribution < 1.29 is 14.7 Å². The van der Waals surface area contributed by atoms with Crippen LogP contribution in [0.3, 0.4) is 0 Å². The van der Waals surface area contributed by atoms with Crippen molar-refractivity contribution in [2.24, 2.45) is 11.8 Å². The van der Waals surface area contributed by atoms with Gasteiger partial charge in [0.2, 0.25) is 0 Å². The number of nitrogens with zero attached hydrogens (tertiary/aromatic N) is 1. The molecule has 1 saturated heterocycles. The van der Waals surface area contributed by atoms with Crippen molar-refractivity contribution in [1.29, 1.82) is 0 Å². The molecule has 3 atom stereocenters. The summed E-state index contributed by atoms with van der Waals surface area (Å²) in [7, 11) is 0. The summed E-state index contributed by atoms with van der Waals surface area (Å²) in [6, 6.07) is 3.88. The Kier molecular flexibility index (Phi) is 3.84. The summed E-state index contributed by atoms with van der Waals surface area (Å²) in [5.41, 5.74) is 0.346. The number of rotatable bonds is 2. The van der Waals surface area contributed by atoms with Crippen molar-refractivity contribution in [2.75, 3.05) is 6.54 Å². The van der Waals surface area contributed by atoms with Gasteiger partial charge in [0.25, 0.3) is 5.91 Å². The van der Waals surface area contributed by atoms with Gasteiger partial charge in [0.15, 0.2) is 0 Å². The Hall–Kier alpha value is -1.26. The zero-order valence-electron chi connectivity index (χ0n) is 11.3. The van der Waals surface area contributed by atoms with Crippen LogP contribution >= 0.6 is 23.2 Å². The molecule has 1 aromatic carbocycles. The van der Waals surface area contributed by atoms with Crippen molar-refractivity contribution in [3.05, 3.63) is 33.8 Å². The summed E-state index contributed by atoms with van der Waals surface area (Å²) in [5, 5.41) is 10.2. The van der Waals surface area contributed by atoms with Gasteiger partial charge in [-0.1, -0.05) is 29.6 Å². The third-order valence-corrected chi connectivity index (χ3v) is 4.95. The van der Waals surface area contributed by atoms with Crippen LogP contribution in [0.2, 0.25) is 10.0 Å². The van der Waals surface area contributed by atoms with Gasteiger partial charge in [0, 0.05) is 22.2 Å². The fourth-order valence-electron chi connectivity index (χ4n) is 3.67. The summed E-state index contributed by atoms with van der Waals surface area (Å²) >= 11 is 11.8. The number of carboxylic acids is 1. The average Bonchev–Trinajstić information content (AvgIpc) is 2.95. The Bertz CT molecular complexity index is 584. The number of likely N-dealkylation sites (tertiary alicyclic amines) is 1. The van der Waals surface area contributed by atoms with Gasteiger partial charge in [-0.2, -0.15) is 0 Å². The molecule has 4 nitrogen and oxygen atoms in total. The SMILES string of the molecule is O=C(O)C1C2CCCC2CN1C(=O)c1cc(Cl)cc(Cl)c1. The van der Waals surface area contributed by atoms with Crippen LogP contribution in [-0.2, 0) is 4.79 Å². The topological polar surface area (TPSA) is 57.6 Å². The molecule has 1 aromatic rings. The number of fused-ring (bicyclic) bond motifs is 1. The second-order valence-corrected chi connectivity index (χ2v) is 6.63. The number of carbonyl (C=O) groups excluding carboxylic acids is 1. The highest BCUT2D eigenvalue weighted by Gasteiger charge is 2.49. The number of amides is 1. The second-order valence-electron chi connectivity index (χ2n) is 5.75. The minimum absolute atomic E-state index is 0.0705. The lowest BCUT2D eigenvalue weighted by molar-refractivity contribution is -0.142. The van der Waals surface area contributed by atoms with Crippen molar-refractivity contribution in [2.45, 2.75) is 25.3 Å². The summed E-state index contributed by atoms with van der Waals surface area (Å²) in [4.78, 5) is 25.7. The van der Waals surface area contributed by atoms with Crippen molar-refractivity contribution in [3.8, 4) is 0 Å². The predicted molar refractivity (Wildman–Crippen MR) is 79.8 cm³/mol.